The molecule has 0 spiro atoms. The minimum atomic E-state index is -4.13. The molecule has 5 aromatic carbocycles. The topological polar surface area (TPSA) is 155 Å². The van der Waals surface area contributed by atoms with Crippen molar-refractivity contribution in [3.63, 3.8) is 0 Å². The normalized spacial score (nSPS) is 16.3. The molecule has 1 saturated carbocycles. The molecule has 0 saturated heterocycles. The van der Waals surface area contributed by atoms with Crippen molar-refractivity contribution in [3.05, 3.63) is 164 Å². The van der Waals surface area contributed by atoms with Crippen molar-refractivity contribution in [3.8, 4) is 22.6 Å². The van der Waals surface area contributed by atoms with Gasteiger partial charge in [0.05, 0.1) is 51.4 Å². The number of carbonyl (C=O) groups is 1. The Balaban J connectivity index is 1.13. The van der Waals surface area contributed by atoms with E-state index >= 15 is 18.0 Å². The van der Waals surface area contributed by atoms with Crippen molar-refractivity contribution >= 4 is 55.2 Å². The molecule has 2 N–H and O–H groups in total. The maximum Gasteiger partial charge on any atom is 0.293 e. The fraction of sp³-hybridized carbons (Fsp3) is 0.245. The first kappa shape index (κ1) is 47.4. The largest absolute Gasteiger partial charge is 0.497 e. The van der Waals surface area contributed by atoms with Crippen LogP contribution in [-0.2, 0) is 47.2 Å². The number of halogens is 8. The summed E-state index contributed by atoms with van der Waals surface area (Å²) in [5.74, 6) is -9.74. The highest BCUT2D eigenvalue weighted by molar-refractivity contribution is 7.92. The highest BCUT2D eigenvalue weighted by Gasteiger charge is 2.67. The Morgan fingerprint density at radius 3 is 2.38 bits per heavy atom. The second kappa shape index (κ2) is 17.9. The van der Waals surface area contributed by atoms with Gasteiger partial charge in [-0.3, -0.25) is 28.2 Å². The Morgan fingerprint density at radius 2 is 1.68 bits per heavy atom. The zero-order chi connectivity index (χ0) is 50.3. The smallest absolute Gasteiger partial charge is 0.293 e. The van der Waals surface area contributed by atoms with Crippen LogP contribution in [-0.4, -0.2) is 56.3 Å². The number of ether oxygens (including phenoxy) is 1. The van der Waals surface area contributed by atoms with E-state index in [9.17, 15) is 30.8 Å². The Kier molecular flexibility index (Phi) is 11.9. The lowest BCUT2D eigenvalue weighted by Gasteiger charge is -2.24. The number of hydrogen-bond acceptors (Lipinski definition) is 8. The van der Waals surface area contributed by atoms with E-state index < -0.39 is 93.5 Å². The fourth-order valence-electron chi connectivity index (χ4n) is 9.51. The fourth-order valence-corrected chi connectivity index (χ4v) is 10.8. The quantitative estimate of drug-likeness (QED) is 0.0964. The second-order valence-electron chi connectivity index (χ2n) is 17.4. The van der Waals surface area contributed by atoms with Crippen LogP contribution in [0, 0.1) is 23.4 Å². The number of sulfonamides is 1. The summed E-state index contributed by atoms with van der Waals surface area (Å²) in [4.78, 5) is 34.4. The third-order valence-corrected chi connectivity index (χ3v) is 14.3. The van der Waals surface area contributed by atoms with Crippen LogP contribution in [0.4, 0.5) is 36.6 Å². The summed E-state index contributed by atoms with van der Waals surface area (Å²) < 4.78 is 142. The van der Waals surface area contributed by atoms with Crippen LogP contribution in [0.3, 0.4) is 0 Å². The molecule has 22 heteroatoms. The lowest BCUT2D eigenvalue weighted by molar-refractivity contribution is -0.123. The molecular formula is C49H38ClF7N8O5S. The zero-order valence-electron chi connectivity index (χ0n) is 37.2. The monoisotopic (exact) mass is 1020 g/mol. The molecule has 3 aromatic heterocycles. The van der Waals surface area contributed by atoms with Crippen LogP contribution in [0.15, 0.2) is 102 Å². The van der Waals surface area contributed by atoms with E-state index in [1.54, 1.807) is 30.3 Å². The molecule has 1 fully saturated rings. The average Bonchev–Trinajstić information content (AvgIpc) is 3.86. The molecule has 2 aliphatic rings. The van der Waals surface area contributed by atoms with E-state index in [1.807, 2.05) is 0 Å². The molecule has 3 atom stereocenters. The average molecular weight is 1020 g/mol. The highest BCUT2D eigenvalue weighted by Crippen LogP contribution is 2.68. The van der Waals surface area contributed by atoms with Crippen LogP contribution >= 0.6 is 11.6 Å². The summed E-state index contributed by atoms with van der Waals surface area (Å²) in [6, 6.07) is 20.6. The molecule has 13 nitrogen and oxygen atoms in total. The molecule has 366 valence electrons. The van der Waals surface area contributed by atoms with Gasteiger partial charge in [-0.2, -0.15) is 19.0 Å². The van der Waals surface area contributed by atoms with Gasteiger partial charge in [-0.15, -0.1) is 0 Å². The van der Waals surface area contributed by atoms with Crippen LogP contribution in [0.1, 0.15) is 58.7 Å². The van der Waals surface area contributed by atoms with Crippen LogP contribution < -0.4 is 20.3 Å². The van der Waals surface area contributed by atoms with Gasteiger partial charge in [0.25, 0.3) is 17.9 Å². The standard InChI is InChI=1S/C49H38ClF7N8O5S/c1-63-43-38(14-13-34(50)41(43)46(61-63)62-71(68,69)16-15-24-7-10-29(70-2)11-8-24)65-47(59-36-20-26(9-12-31(36)48(65)67)30-5-3-4-6-35(30)53)37(19-25-17-27(51)21-28(52)18-25)58-39(66)23-64-44-40(42(60-64)45(54)55)32-22-33(32)49(44,56)57/h3-14,17-18,20-21,32-33,37,45H,15-16,19,22-23H2,1-2H3,(H,58,66)(H,61,62)/t32-,33+,37?/m0/s1. The van der Waals surface area contributed by atoms with Crippen molar-refractivity contribution in [2.45, 2.75) is 50.1 Å². The van der Waals surface area contributed by atoms with Gasteiger partial charge in [0.1, 0.15) is 47.0 Å². The van der Waals surface area contributed by atoms with Gasteiger partial charge in [0, 0.05) is 36.6 Å². The molecule has 8 aromatic rings. The van der Waals surface area contributed by atoms with Gasteiger partial charge in [0.2, 0.25) is 15.9 Å². The van der Waals surface area contributed by atoms with Gasteiger partial charge in [-0.1, -0.05) is 48.0 Å². The van der Waals surface area contributed by atoms with Gasteiger partial charge in [-0.05, 0) is 90.0 Å². The summed E-state index contributed by atoms with van der Waals surface area (Å²) in [6.07, 6.45) is -3.68. The first-order chi connectivity index (χ1) is 33.8. The molecule has 10 rings (SSSR count). The Morgan fingerprint density at radius 1 is 0.944 bits per heavy atom. The van der Waals surface area contributed by atoms with Gasteiger partial charge >= 0.3 is 0 Å². The van der Waals surface area contributed by atoms with Gasteiger partial charge in [-0.25, -0.2) is 35.4 Å². The van der Waals surface area contributed by atoms with Crippen molar-refractivity contribution in [2.75, 3.05) is 17.6 Å². The minimum absolute atomic E-state index is 0.00738. The Labute approximate surface area is 403 Å². The second-order valence-corrected chi connectivity index (χ2v) is 19.6. The predicted octanol–water partition coefficient (Wildman–Crippen LogP) is 9.45. The SMILES string of the molecule is COc1ccc(CCS(=O)(=O)Nc2nn(C)c3c(-n4c(C(Cc5cc(F)cc(F)c5)NC(=O)Cn5nc(C(F)F)c6c5C(F)(F)[C@@H]5C[C@H]65)nc5cc(-c6ccccc6F)ccc5c4=O)ccc(Cl)c23)cc1. The number of alkyl halides is 4. The third kappa shape index (κ3) is 8.74. The first-order valence-electron chi connectivity index (χ1n) is 21.9. The van der Waals surface area contributed by atoms with Crippen molar-refractivity contribution in [2.24, 2.45) is 13.0 Å². The van der Waals surface area contributed by atoms with Crippen LogP contribution in [0.25, 0.3) is 38.6 Å². The van der Waals surface area contributed by atoms with E-state index in [-0.39, 0.29) is 85.0 Å². The van der Waals surface area contributed by atoms with E-state index in [4.69, 9.17) is 21.3 Å². The molecular weight excluding hydrogens is 981 g/mol. The van der Waals surface area contributed by atoms with Crippen LogP contribution in [0.2, 0.25) is 5.02 Å². The number of benzene rings is 5. The lowest BCUT2D eigenvalue weighted by Crippen LogP contribution is -2.38. The number of carbonyl (C=O) groups excluding carboxylic acids is 1. The van der Waals surface area contributed by atoms with E-state index in [1.165, 1.54) is 67.4 Å². The van der Waals surface area contributed by atoms with Crippen molar-refractivity contribution in [1.82, 2.24) is 34.4 Å². The number of nitrogens with one attached hydrogen (secondary N) is 2. The minimum Gasteiger partial charge on any atom is -0.497 e. The number of fused-ring (bicyclic) bond motifs is 5. The molecule has 71 heavy (non-hydrogen) atoms. The summed E-state index contributed by atoms with van der Waals surface area (Å²) in [5, 5.41) is 10.8. The summed E-state index contributed by atoms with van der Waals surface area (Å²) in [6.45, 7) is -1.03. The summed E-state index contributed by atoms with van der Waals surface area (Å²) in [7, 11) is -1.19. The number of nitrogens with zero attached hydrogens (tertiary/aromatic N) is 6. The van der Waals surface area contributed by atoms with E-state index in [0.717, 1.165) is 16.7 Å². The summed E-state index contributed by atoms with van der Waals surface area (Å²) >= 11 is 6.80. The number of aryl methyl sites for hydroxylation is 2. The molecule has 1 amide bonds. The maximum atomic E-state index is 15.6. The van der Waals surface area contributed by atoms with E-state index in [2.05, 4.69) is 20.2 Å². The van der Waals surface area contributed by atoms with Crippen molar-refractivity contribution in [1.29, 1.82) is 0 Å². The Hall–Kier alpha value is -7.26. The number of aromatic nitrogens is 6. The van der Waals surface area contributed by atoms with Gasteiger partial charge in [0.15, 0.2) is 5.82 Å². The molecule has 2 aliphatic carbocycles. The van der Waals surface area contributed by atoms with Crippen LogP contribution in [0.5, 0.6) is 5.75 Å². The number of rotatable bonds is 15. The maximum absolute atomic E-state index is 15.6. The lowest BCUT2D eigenvalue weighted by atomic mass is 10.0. The number of methoxy groups -OCH3 is 1. The molecule has 0 bridgehead atoms. The zero-order valence-corrected chi connectivity index (χ0v) is 38.8. The van der Waals surface area contributed by atoms with Crippen molar-refractivity contribution < 1.29 is 48.7 Å². The Bertz CT molecular complexity index is 3620. The first-order valence-corrected chi connectivity index (χ1v) is 24.0. The number of hydrogen-bond donors (Lipinski definition) is 2. The molecule has 0 radical (unpaired) electrons. The molecule has 3 heterocycles. The van der Waals surface area contributed by atoms with E-state index in [0.29, 0.717) is 22.1 Å². The van der Waals surface area contributed by atoms with Gasteiger partial charge < -0.3 is 10.1 Å². The predicted molar refractivity (Wildman–Crippen MR) is 249 cm³/mol. The summed E-state index contributed by atoms with van der Waals surface area (Å²) in [5.41, 5.74) is -1.79. The third-order valence-electron chi connectivity index (χ3n) is 12.8. The number of amides is 1. The molecule has 0 aliphatic heterocycles. The molecule has 1 unspecified atom stereocenters. The number of anilines is 1. The highest BCUT2D eigenvalue weighted by atomic mass is 35.5.